The van der Waals surface area contributed by atoms with Gasteiger partial charge < -0.3 is 19.6 Å². The lowest BCUT2D eigenvalue weighted by Crippen LogP contribution is -2.20. The number of nitrogens with one attached hydrogen (secondary N) is 2. The fraction of sp³-hybridized carbons (Fsp3) is 0.333. The van der Waals surface area contributed by atoms with Gasteiger partial charge in [0.25, 0.3) is 5.56 Å². The van der Waals surface area contributed by atoms with E-state index in [9.17, 15) is 4.79 Å². The van der Waals surface area contributed by atoms with Crippen molar-refractivity contribution < 1.29 is 4.74 Å². The molecule has 0 amide bonds. The van der Waals surface area contributed by atoms with Crippen LogP contribution >= 0.6 is 0 Å². The Morgan fingerprint density at radius 2 is 2.21 bits per heavy atom. The van der Waals surface area contributed by atoms with E-state index in [4.69, 9.17) is 4.74 Å². The third kappa shape index (κ3) is 2.49. The van der Waals surface area contributed by atoms with Crippen LogP contribution in [-0.4, -0.2) is 33.7 Å². The zero-order chi connectivity index (χ0) is 16.7. The molecular weight excluding hydrogens is 304 g/mol. The number of hydrogen-bond donors (Lipinski definition) is 2. The second-order valence-electron chi connectivity index (χ2n) is 6.24. The summed E-state index contributed by atoms with van der Waals surface area (Å²) in [5.74, 6) is 0.822. The summed E-state index contributed by atoms with van der Waals surface area (Å²) in [4.78, 5) is 19.9. The van der Waals surface area contributed by atoms with Crippen LogP contribution in [0.2, 0.25) is 0 Å². The van der Waals surface area contributed by atoms with E-state index in [1.165, 1.54) is 0 Å². The molecule has 4 rings (SSSR count). The number of aryl methyl sites for hydroxylation is 2. The van der Waals surface area contributed by atoms with E-state index in [1.54, 1.807) is 17.8 Å². The molecule has 2 N–H and O–H groups in total. The number of fused-ring (bicyclic) bond motifs is 1. The number of aromatic nitrogens is 3. The van der Waals surface area contributed by atoms with Crippen molar-refractivity contribution in [2.75, 3.05) is 13.1 Å². The minimum Gasteiger partial charge on any atom is -0.487 e. The van der Waals surface area contributed by atoms with E-state index in [0.717, 1.165) is 47.6 Å². The number of ether oxygens (including phenoxy) is 1. The largest absolute Gasteiger partial charge is 0.487 e. The normalized spacial score (nSPS) is 17.5. The summed E-state index contributed by atoms with van der Waals surface area (Å²) in [5, 5.41) is 4.18. The van der Waals surface area contributed by atoms with Crippen LogP contribution in [0, 0.1) is 6.92 Å². The van der Waals surface area contributed by atoms with Crippen LogP contribution in [0.5, 0.6) is 5.75 Å². The molecule has 1 saturated heterocycles. The molecule has 0 bridgehead atoms. The molecule has 0 radical (unpaired) electrons. The average Bonchev–Trinajstić information content (AvgIpc) is 3.22. The van der Waals surface area contributed by atoms with Gasteiger partial charge in [-0.2, -0.15) is 0 Å². The highest BCUT2D eigenvalue weighted by Crippen LogP contribution is 2.28. The first-order valence-corrected chi connectivity index (χ1v) is 8.15. The third-order valence-corrected chi connectivity index (χ3v) is 4.54. The number of hydrogen-bond acceptors (Lipinski definition) is 4. The maximum absolute atomic E-state index is 12.2. The van der Waals surface area contributed by atoms with Gasteiger partial charge in [-0.25, -0.2) is 4.98 Å². The quantitative estimate of drug-likeness (QED) is 0.773. The summed E-state index contributed by atoms with van der Waals surface area (Å²) in [7, 11) is 1.74. The highest BCUT2D eigenvalue weighted by Gasteiger charge is 2.18. The van der Waals surface area contributed by atoms with E-state index in [2.05, 4.69) is 15.3 Å². The molecular formula is C18H20N4O2. The maximum Gasteiger partial charge on any atom is 0.274 e. The minimum atomic E-state index is -0.0378. The standard InChI is InChI=1S/C18H20N4O2/c1-11-16(24-12-5-7-19-9-12)4-3-15(21-11)14-10-20-17-13(14)6-8-22(2)18(17)23/h3-4,6,8,10,12,19-20H,5,7,9H2,1-2H3. The average molecular weight is 324 g/mol. The predicted molar refractivity (Wildman–Crippen MR) is 93.4 cm³/mol. The molecule has 3 aromatic rings. The van der Waals surface area contributed by atoms with E-state index < -0.39 is 0 Å². The van der Waals surface area contributed by atoms with Crippen LogP contribution in [0.3, 0.4) is 0 Å². The fourth-order valence-electron chi connectivity index (χ4n) is 3.16. The molecule has 1 aliphatic rings. The summed E-state index contributed by atoms with van der Waals surface area (Å²) in [5.41, 5.74) is 3.19. The van der Waals surface area contributed by atoms with Crippen molar-refractivity contribution >= 4 is 10.9 Å². The number of rotatable bonds is 3. The molecule has 6 nitrogen and oxygen atoms in total. The summed E-state index contributed by atoms with van der Waals surface area (Å²) in [6.45, 7) is 3.83. The molecule has 0 aliphatic carbocycles. The Labute approximate surface area is 139 Å². The van der Waals surface area contributed by atoms with Gasteiger partial charge in [0.05, 0.1) is 11.4 Å². The second kappa shape index (κ2) is 5.79. The zero-order valence-corrected chi connectivity index (χ0v) is 13.8. The number of nitrogens with zero attached hydrogens (tertiary/aromatic N) is 2. The molecule has 1 fully saturated rings. The lowest BCUT2D eigenvalue weighted by Gasteiger charge is -2.14. The first kappa shape index (κ1) is 15.0. The lowest BCUT2D eigenvalue weighted by atomic mass is 10.1. The Hall–Kier alpha value is -2.60. The Kier molecular flexibility index (Phi) is 3.61. The Morgan fingerprint density at radius 1 is 1.33 bits per heavy atom. The van der Waals surface area contributed by atoms with E-state index in [1.807, 2.05) is 31.3 Å². The van der Waals surface area contributed by atoms with Gasteiger partial charge in [0, 0.05) is 36.9 Å². The van der Waals surface area contributed by atoms with Gasteiger partial charge in [0.2, 0.25) is 0 Å². The van der Waals surface area contributed by atoms with Gasteiger partial charge in [0.1, 0.15) is 17.4 Å². The highest BCUT2D eigenvalue weighted by atomic mass is 16.5. The molecule has 1 aliphatic heterocycles. The van der Waals surface area contributed by atoms with Gasteiger partial charge in [-0.05, 0) is 38.1 Å². The van der Waals surface area contributed by atoms with Crippen molar-refractivity contribution in [1.29, 1.82) is 0 Å². The third-order valence-electron chi connectivity index (χ3n) is 4.54. The van der Waals surface area contributed by atoms with Gasteiger partial charge in [-0.1, -0.05) is 0 Å². The molecule has 24 heavy (non-hydrogen) atoms. The molecule has 3 aromatic heterocycles. The van der Waals surface area contributed by atoms with E-state index >= 15 is 0 Å². The topological polar surface area (TPSA) is 71.9 Å². The van der Waals surface area contributed by atoms with Crippen LogP contribution < -0.4 is 15.6 Å². The first-order chi connectivity index (χ1) is 11.6. The van der Waals surface area contributed by atoms with E-state index in [-0.39, 0.29) is 11.7 Å². The summed E-state index contributed by atoms with van der Waals surface area (Å²) < 4.78 is 7.58. The van der Waals surface area contributed by atoms with Gasteiger partial charge in [0.15, 0.2) is 0 Å². The molecule has 4 heterocycles. The second-order valence-corrected chi connectivity index (χ2v) is 6.24. The van der Waals surface area contributed by atoms with Crippen LogP contribution in [0.15, 0.2) is 35.4 Å². The Bertz CT molecular complexity index is 951. The van der Waals surface area contributed by atoms with E-state index in [0.29, 0.717) is 5.52 Å². The van der Waals surface area contributed by atoms with Gasteiger partial charge in [-0.15, -0.1) is 0 Å². The monoisotopic (exact) mass is 324 g/mol. The fourth-order valence-corrected chi connectivity index (χ4v) is 3.16. The number of aromatic amines is 1. The van der Waals surface area contributed by atoms with Crippen LogP contribution in [-0.2, 0) is 7.05 Å². The smallest absolute Gasteiger partial charge is 0.274 e. The van der Waals surface area contributed by atoms with Crippen LogP contribution in [0.1, 0.15) is 12.1 Å². The van der Waals surface area contributed by atoms with Crippen LogP contribution in [0.4, 0.5) is 0 Å². The van der Waals surface area contributed by atoms with Crippen molar-refractivity contribution in [3.05, 3.63) is 46.6 Å². The molecule has 0 spiro atoms. The van der Waals surface area contributed by atoms with Crippen LogP contribution in [0.25, 0.3) is 22.2 Å². The summed E-state index contributed by atoms with van der Waals surface area (Å²) in [6.07, 6.45) is 4.86. The molecule has 1 atom stereocenters. The summed E-state index contributed by atoms with van der Waals surface area (Å²) in [6, 6.07) is 5.86. The first-order valence-electron chi connectivity index (χ1n) is 8.15. The molecule has 6 heteroatoms. The molecule has 1 unspecified atom stereocenters. The van der Waals surface area contributed by atoms with Crippen molar-refractivity contribution in [2.24, 2.45) is 7.05 Å². The minimum absolute atomic E-state index is 0.0378. The number of pyridine rings is 2. The van der Waals surface area contributed by atoms with Gasteiger partial charge >= 0.3 is 0 Å². The number of H-pyrrole nitrogens is 1. The predicted octanol–water partition coefficient (Wildman–Crippen LogP) is 1.98. The SMILES string of the molecule is Cc1nc(-c2c[nH]c3c(=O)n(C)ccc23)ccc1OC1CCNC1. The van der Waals surface area contributed by atoms with Crippen molar-refractivity contribution in [3.63, 3.8) is 0 Å². The maximum atomic E-state index is 12.2. The molecule has 0 aromatic carbocycles. The molecule has 0 saturated carbocycles. The Balaban J connectivity index is 1.71. The highest BCUT2D eigenvalue weighted by molar-refractivity contribution is 5.94. The lowest BCUT2D eigenvalue weighted by molar-refractivity contribution is 0.220. The van der Waals surface area contributed by atoms with Gasteiger partial charge in [-0.3, -0.25) is 4.79 Å². The van der Waals surface area contributed by atoms with Crippen molar-refractivity contribution in [2.45, 2.75) is 19.4 Å². The zero-order valence-electron chi connectivity index (χ0n) is 13.8. The van der Waals surface area contributed by atoms with Crippen molar-refractivity contribution in [1.82, 2.24) is 19.9 Å². The Morgan fingerprint density at radius 3 is 2.96 bits per heavy atom. The summed E-state index contributed by atoms with van der Waals surface area (Å²) >= 11 is 0. The van der Waals surface area contributed by atoms with Crippen molar-refractivity contribution in [3.8, 4) is 17.0 Å². The molecule has 124 valence electrons.